The van der Waals surface area contributed by atoms with Crippen molar-refractivity contribution < 1.29 is 9.53 Å². The first-order chi connectivity index (χ1) is 7.15. The van der Waals surface area contributed by atoms with Crippen LogP contribution in [0.5, 0.6) is 0 Å². The molecular formula is C12H13NO2. The van der Waals surface area contributed by atoms with Gasteiger partial charge in [0, 0.05) is 6.20 Å². The predicted octanol–water partition coefficient (Wildman–Crippen LogP) is 2.51. The van der Waals surface area contributed by atoms with Crippen LogP contribution in [0.25, 0.3) is 10.9 Å². The molecule has 0 aliphatic heterocycles. The molecule has 2 rings (SSSR count). The third-order valence-electron chi connectivity index (χ3n) is 2.52. The zero-order valence-electron chi connectivity index (χ0n) is 8.81. The maximum Gasteiger partial charge on any atom is 0.295 e. The highest BCUT2D eigenvalue weighted by atomic mass is 16.6. The number of hydrogen-bond donors (Lipinski definition) is 0. The van der Waals surface area contributed by atoms with Crippen molar-refractivity contribution in [3.63, 3.8) is 0 Å². The van der Waals surface area contributed by atoms with Gasteiger partial charge in [-0.1, -0.05) is 18.2 Å². The lowest BCUT2D eigenvalue weighted by Gasteiger charge is -2.25. The number of rotatable bonds is 3. The molecule has 0 fully saturated rings. The molecule has 0 saturated heterocycles. The maximum atomic E-state index is 10.4. The van der Waals surface area contributed by atoms with E-state index in [1.807, 2.05) is 54.9 Å². The van der Waals surface area contributed by atoms with Crippen LogP contribution in [0.15, 0.2) is 36.5 Å². The van der Waals surface area contributed by atoms with E-state index in [0.717, 1.165) is 10.9 Å². The number of hydrogen-bond acceptors (Lipinski definition) is 2. The summed E-state index contributed by atoms with van der Waals surface area (Å²) < 4.78 is 7.01. The summed E-state index contributed by atoms with van der Waals surface area (Å²) >= 11 is 0. The molecule has 0 bridgehead atoms. The Balaban J connectivity index is 2.56. The number of para-hydroxylation sites is 1. The van der Waals surface area contributed by atoms with Gasteiger partial charge < -0.3 is 9.30 Å². The van der Waals surface area contributed by atoms with Crippen LogP contribution in [0.1, 0.15) is 13.8 Å². The first-order valence-corrected chi connectivity index (χ1v) is 4.83. The molecule has 15 heavy (non-hydrogen) atoms. The third kappa shape index (κ3) is 1.61. The van der Waals surface area contributed by atoms with Gasteiger partial charge in [0.25, 0.3) is 6.47 Å². The van der Waals surface area contributed by atoms with Gasteiger partial charge in [-0.25, -0.2) is 0 Å². The van der Waals surface area contributed by atoms with E-state index in [9.17, 15) is 4.79 Å². The number of ether oxygens (including phenoxy) is 1. The van der Waals surface area contributed by atoms with Crippen molar-refractivity contribution in [2.75, 3.05) is 0 Å². The van der Waals surface area contributed by atoms with Crippen molar-refractivity contribution in [1.29, 1.82) is 0 Å². The quantitative estimate of drug-likeness (QED) is 0.718. The molecule has 0 aliphatic carbocycles. The second-order valence-electron chi connectivity index (χ2n) is 3.91. The molecule has 3 heteroatoms. The van der Waals surface area contributed by atoms with E-state index < -0.39 is 5.72 Å². The number of fused-ring (bicyclic) bond motifs is 1. The summed E-state index contributed by atoms with van der Waals surface area (Å²) in [5.74, 6) is 0. The zero-order valence-corrected chi connectivity index (χ0v) is 8.81. The molecule has 1 heterocycles. The lowest BCUT2D eigenvalue weighted by molar-refractivity contribution is -0.148. The highest BCUT2D eigenvalue weighted by molar-refractivity contribution is 5.80. The summed E-state index contributed by atoms with van der Waals surface area (Å²) in [4.78, 5) is 10.4. The van der Waals surface area contributed by atoms with E-state index >= 15 is 0 Å². The van der Waals surface area contributed by atoms with Crippen LogP contribution in [0, 0.1) is 0 Å². The lowest BCUT2D eigenvalue weighted by Crippen LogP contribution is -2.28. The van der Waals surface area contributed by atoms with Crippen molar-refractivity contribution in [3.8, 4) is 0 Å². The molecule has 0 aliphatic rings. The van der Waals surface area contributed by atoms with Gasteiger partial charge in [0.1, 0.15) is 0 Å². The van der Waals surface area contributed by atoms with E-state index in [0.29, 0.717) is 6.47 Å². The number of carbonyl (C=O) groups is 1. The fourth-order valence-electron chi connectivity index (χ4n) is 1.73. The highest BCUT2D eigenvalue weighted by Crippen LogP contribution is 2.24. The molecule has 0 N–H and O–H groups in total. The van der Waals surface area contributed by atoms with Gasteiger partial charge in [-0.3, -0.25) is 4.79 Å². The minimum atomic E-state index is -0.648. The molecule has 78 valence electrons. The summed E-state index contributed by atoms with van der Waals surface area (Å²) in [7, 11) is 0. The van der Waals surface area contributed by atoms with Crippen LogP contribution >= 0.6 is 0 Å². The van der Waals surface area contributed by atoms with Gasteiger partial charge in [0.15, 0.2) is 5.72 Å². The Bertz CT molecular complexity index is 485. The SMILES string of the molecule is CC(C)(OC=O)n1ccc2ccccc21. The van der Waals surface area contributed by atoms with Gasteiger partial charge >= 0.3 is 0 Å². The molecule has 0 spiro atoms. The van der Waals surface area contributed by atoms with Gasteiger partial charge in [-0.15, -0.1) is 0 Å². The second-order valence-corrected chi connectivity index (χ2v) is 3.91. The Morgan fingerprint density at radius 2 is 2.00 bits per heavy atom. The van der Waals surface area contributed by atoms with Gasteiger partial charge in [0.05, 0.1) is 5.52 Å². The summed E-state index contributed by atoms with van der Waals surface area (Å²) in [6, 6.07) is 10.00. The average Bonchev–Trinajstić information content (AvgIpc) is 2.61. The summed E-state index contributed by atoms with van der Waals surface area (Å²) in [6.45, 7) is 4.19. The molecule has 0 unspecified atom stereocenters. The zero-order chi connectivity index (χ0) is 10.9. The molecule has 0 atom stereocenters. The van der Waals surface area contributed by atoms with Crippen LogP contribution in [0.3, 0.4) is 0 Å². The minimum Gasteiger partial charge on any atom is -0.441 e. The van der Waals surface area contributed by atoms with Crippen LogP contribution in [-0.4, -0.2) is 11.0 Å². The first-order valence-electron chi connectivity index (χ1n) is 4.83. The topological polar surface area (TPSA) is 31.2 Å². The molecular weight excluding hydrogens is 190 g/mol. The molecule has 1 aromatic carbocycles. The molecule has 2 aromatic rings. The fourth-order valence-corrected chi connectivity index (χ4v) is 1.73. The van der Waals surface area contributed by atoms with Gasteiger partial charge in [-0.05, 0) is 31.4 Å². The van der Waals surface area contributed by atoms with Crippen molar-refractivity contribution in [3.05, 3.63) is 36.5 Å². The van der Waals surface area contributed by atoms with Crippen LogP contribution < -0.4 is 0 Å². The van der Waals surface area contributed by atoms with E-state index in [1.54, 1.807) is 0 Å². The molecule has 0 saturated carbocycles. The minimum absolute atomic E-state index is 0.481. The standard InChI is InChI=1S/C12H13NO2/c1-12(2,15-9-14)13-8-7-10-5-3-4-6-11(10)13/h3-9H,1-2H3. The smallest absolute Gasteiger partial charge is 0.295 e. The summed E-state index contributed by atoms with van der Waals surface area (Å²) in [5, 5.41) is 1.14. The number of nitrogens with zero attached hydrogens (tertiary/aromatic N) is 1. The van der Waals surface area contributed by atoms with Crippen molar-refractivity contribution >= 4 is 17.4 Å². The molecule has 1 aromatic heterocycles. The lowest BCUT2D eigenvalue weighted by atomic mass is 10.2. The summed E-state index contributed by atoms with van der Waals surface area (Å²) in [6.07, 6.45) is 1.92. The van der Waals surface area contributed by atoms with Crippen molar-refractivity contribution in [1.82, 2.24) is 4.57 Å². The third-order valence-corrected chi connectivity index (χ3v) is 2.52. The number of carbonyl (C=O) groups excluding carboxylic acids is 1. The van der Waals surface area contributed by atoms with Crippen LogP contribution in [-0.2, 0) is 15.3 Å². The Hall–Kier alpha value is -1.77. The Morgan fingerprint density at radius 3 is 2.73 bits per heavy atom. The van der Waals surface area contributed by atoms with E-state index in [4.69, 9.17) is 4.74 Å². The average molecular weight is 203 g/mol. The van der Waals surface area contributed by atoms with Crippen LogP contribution in [0.2, 0.25) is 0 Å². The van der Waals surface area contributed by atoms with E-state index in [-0.39, 0.29) is 0 Å². The van der Waals surface area contributed by atoms with Crippen LogP contribution in [0.4, 0.5) is 0 Å². The largest absolute Gasteiger partial charge is 0.441 e. The van der Waals surface area contributed by atoms with Gasteiger partial charge in [-0.2, -0.15) is 0 Å². The van der Waals surface area contributed by atoms with Crippen molar-refractivity contribution in [2.45, 2.75) is 19.6 Å². The monoisotopic (exact) mass is 203 g/mol. The Labute approximate surface area is 88.3 Å². The normalized spacial score (nSPS) is 11.6. The molecule has 0 radical (unpaired) electrons. The molecule has 0 amide bonds. The Kier molecular flexibility index (Phi) is 2.23. The fraction of sp³-hybridized carbons (Fsp3) is 0.250. The second kappa shape index (κ2) is 3.42. The number of benzene rings is 1. The Morgan fingerprint density at radius 1 is 1.27 bits per heavy atom. The first kappa shape index (κ1) is 9.77. The molecule has 3 nitrogen and oxygen atoms in total. The summed E-state index contributed by atoms with van der Waals surface area (Å²) in [5.41, 5.74) is 0.412. The highest BCUT2D eigenvalue weighted by Gasteiger charge is 2.21. The maximum absolute atomic E-state index is 10.4. The van der Waals surface area contributed by atoms with Gasteiger partial charge in [0.2, 0.25) is 0 Å². The van der Waals surface area contributed by atoms with Crippen molar-refractivity contribution in [2.24, 2.45) is 0 Å². The van der Waals surface area contributed by atoms with E-state index in [1.165, 1.54) is 0 Å². The number of aromatic nitrogens is 1. The predicted molar refractivity (Wildman–Crippen MR) is 58.4 cm³/mol. The van der Waals surface area contributed by atoms with E-state index in [2.05, 4.69) is 0 Å².